The van der Waals surface area contributed by atoms with Crippen LogP contribution in [0.15, 0.2) is 46.0 Å². The Hall–Kier alpha value is -2.34. The van der Waals surface area contributed by atoms with Gasteiger partial charge in [0, 0.05) is 11.4 Å². The molecule has 0 unspecified atom stereocenters. The molecule has 0 atom stereocenters. The van der Waals surface area contributed by atoms with Crippen molar-refractivity contribution in [1.29, 1.82) is 0 Å². The quantitative estimate of drug-likeness (QED) is 0.718. The van der Waals surface area contributed by atoms with Crippen molar-refractivity contribution in [2.45, 2.75) is 36.6 Å². The van der Waals surface area contributed by atoms with Crippen LogP contribution >= 0.6 is 11.8 Å². The van der Waals surface area contributed by atoms with Crippen LogP contribution in [0.4, 0.5) is 0 Å². The third-order valence-electron chi connectivity index (χ3n) is 3.86. The third kappa shape index (κ3) is 3.28. The Morgan fingerprint density at radius 2 is 2.21 bits per heavy atom. The molecule has 3 aromatic rings. The van der Waals surface area contributed by atoms with Gasteiger partial charge in [-0.3, -0.25) is 4.79 Å². The lowest BCUT2D eigenvalue weighted by Crippen LogP contribution is -2.25. The molecule has 24 heavy (non-hydrogen) atoms. The topological polar surface area (TPSA) is 68.0 Å². The number of fused-ring (bicyclic) bond motifs is 1. The van der Waals surface area contributed by atoms with Gasteiger partial charge in [0.25, 0.3) is 5.91 Å². The summed E-state index contributed by atoms with van der Waals surface area (Å²) in [6.07, 6.45) is 3.85. The molecule has 1 N–H and O–H groups in total. The summed E-state index contributed by atoms with van der Waals surface area (Å²) in [7, 11) is 0. The number of aryl methyl sites for hydroxylation is 1. The van der Waals surface area contributed by atoms with E-state index in [2.05, 4.69) is 15.3 Å². The molecule has 1 saturated carbocycles. The number of para-hydroxylation sites is 1. The van der Waals surface area contributed by atoms with Crippen molar-refractivity contribution in [3.05, 3.63) is 53.7 Å². The molecule has 2 heterocycles. The second kappa shape index (κ2) is 6.28. The van der Waals surface area contributed by atoms with Gasteiger partial charge in [-0.05, 0) is 31.9 Å². The number of carbonyl (C=O) groups excluding carboxylic acids is 1. The summed E-state index contributed by atoms with van der Waals surface area (Å²) in [4.78, 5) is 21.4. The number of rotatable bonds is 5. The average Bonchev–Trinajstić information content (AvgIpc) is 3.31. The molecular weight excluding hydrogens is 322 g/mol. The maximum atomic E-state index is 12.6. The molecule has 6 heteroatoms. The fourth-order valence-electron chi connectivity index (χ4n) is 2.51. The van der Waals surface area contributed by atoms with Gasteiger partial charge < -0.3 is 9.73 Å². The number of nitrogens with zero attached hydrogens (tertiary/aromatic N) is 2. The molecule has 0 radical (unpaired) electrons. The molecule has 0 spiro atoms. The van der Waals surface area contributed by atoms with Crippen molar-refractivity contribution in [3.63, 3.8) is 0 Å². The number of hydrogen-bond acceptors (Lipinski definition) is 5. The van der Waals surface area contributed by atoms with Gasteiger partial charge in [-0.15, -0.1) is 0 Å². The van der Waals surface area contributed by atoms with Crippen molar-refractivity contribution in [2.24, 2.45) is 0 Å². The van der Waals surface area contributed by atoms with Crippen LogP contribution in [0.2, 0.25) is 0 Å². The highest BCUT2D eigenvalue weighted by atomic mass is 32.2. The standard InChI is InChI=1S/C18H17N3O2S/c1-11-9-19-16(23-11)10-24-17-8-14(18(22)20-12-6-7-12)13-4-2-3-5-15(13)21-17/h2-5,8-9,12H,6-7,10H2,1H3,(H,20,22). The van der Waals surface area contributed by atoms with E-state index in [-0.39, 0.29) is 5.91 Å². The van der Waals surface area contributed by atoms with Crippen LogP contribution in [-0.2, 0) is 5.75 Å². The number of amides is 1. The first kappa shape index (κ1) is 15.2. The van der Waals surface area contributed by atoms with E-state index in [1.54, 1.807) is 6.20 Å². The highest BCUT2D eigenvalue weighted by molar-refractivity contribution is 7.98. The molecule has 5 nitrogen and oxygen atoms in total. The van der Waals surface area contributed by atoms with E-state index >= 15 is 0 Å². The number of hydrogen-bond donors (Lipinski definition) is 1. The van der Waals surface area contributed by atoms with Crippen LogP contribution in [0.5, 0.6) is 0 Å². The maximum absolute atomic E-state index is 12.6. The molecule has 1 aliphatic carbocycles. The number of benzene rings is 1. The van der Waals surface area contributed by atoms with E-state index in [0.29, 0.717) is 23.2 Å². The van der Waals surface area contributed by atoms with Crippen LogP contribution in [0.3, 0.4) is 0 Å². The molecule has 0 saturated heterocycles. The summed E-state index contributed by atoms with van der Waals surface area (Å²) in [5, 5.41) is 4.74. The smallest absolute Gasteiger partial charge is 0.252 e. The Morgan fingerprint density at radius 1 is 1.38 bits per heavy atom. The SMILES string of the molecule is Cc1cnc(CSc2cc(C(=O)NC3CC3)c3ccccc3n2)o1. The molecule has 1 aromatic carbocycles. The van der Waals surface area contributed by atoms with Gasteiger partial charge in [0.1, 0.15) is 5.76 Å². The zero-order valence-corrected chi connectivity index (χ0v) is 14.1. The van der Waals surface area contributed by atoms with Crippen LogP contribution < -0.4 is 5.32 Å². The van der Waals surface area contributed by atoms with E-state index in [1.807, 2.05) is 37.3 Å². The van der Waals surface area contributed by atoms with Crippen molar-refractivity contribution in [1.82, 2.24) is 15.3 Å². The average molecular weight is 339 g/mol. The predicted molar refractivity (Wildman–Crippen MR) is 93.0 cm³/mol. The van der Waals surface area contributed by atoms with Crippen molar-refractivity contribution >= 4 is 28.6 Å². The van der Waals surface area contributed by atoms with E-state index in [1.165, 1.54) is 11.8 Å². The molecule has 1 aliphatic rings. The van der Waals surface area contributed by atoms with E-state index in [0.717, 1.165) is 34.5 Å². The zero-order valence-electron chi connectivity index (χ0n) is 13.3. The van der Waals surface area contributed by atoms with Gasteiger partial charge in [-0.1, -0.05) is 30.0 Å². The van der Waals surface area contributed by atoms with Crippen LogP contribution in [0.1, 0.15) is 34.9 Å². The lowest BCUT2D eigenvalue weighted by molar-refractivity contribution is 0.0952. The number of oxazole rings is 1. The highest BCUT2D eigenvalue weighted by Crippen LogP contribution is 2.27. The van der Waals surface area contributed by atoms with Gasteiger partial charge >= 0.3 is 0 Å². The molecule has 122 valence electrons. The molecule has 4 rings (SSSR count). The first-order valence-electron chi connectivity index (χ1n) is 7.94. The fourth-order valence-corrected chi connectivity index (χ4v) is 3.28. The number of thioether (sulfide) groups is 1. The molecule has 0 bridgehead atoms. The van der Waals surface area contributed by atoms with Gasteiger partial charge in [0.15, 0.2) is 0 Å². The molecular formula is C18H17N3O2S. The first-order valence-corrected chi connectivity index (χ1v) is 8.92. The number of pyridine rings is 1. The summed E-state index contributed by atoms with van der Waals surface area (Å²) in [5.74, 6) is 2.02. The van der Waals surface area contributed by atoms with Crippen molar-refractivity contribution in [3.8, 4) is 0 Å². The zero-order chi connectivity index (χ0) is 16.5. The lowest BCUT2D eigenvalue weighted by Gasteiger charge is -2.09. The largest absolute Gasteiger partial charge is 0.445 e. The number of carbonyl (C=O) groups is 1. The van der Waals surface area contributed by atoms with E-state index in [4.69, 9.17) is 4.42 Å². The Bertz CT molecular complexity index is 902. The number of aromatic nitrogens is 2. The summed E-state index contributed by atoms with van der Waals surface area (Å²) in [6, 6.07) is 9.93. The monoisotopic (exact) mass is 339 g/mol. The minimum Gasteiger partial charge on any atom is -0.445 e. The number of nitrogens with one attached hydrogen (secondary N) is 1. The predicted octanol–water partition coefficient (Wildman–Crippen LogP) is 3.72. The van der Waals surface area contributed by atoms with Gasteiger partial charge in [0.05, 0.1) is 28.1 Å². The third-order valence-corrected chi connectivity index (χ3v) is 4.76. The highest BCUT2D eigenvalue weighted by Gasteiger charge is 2.25. The fraction of sp³-hybridized carbons (Fsp3) is 0.278. The van der Waals surface area contributed by atoms with Gasteiger partial charge in [-0.2, -0.15) is 0 Å². The summed E-state index contributed by atoms with van der Waals surface area (Å²) >= 11 is 1.52. The van der Waals surface area contributed by atoms with Crippen molar-refractivity contribution in [2.75, 3.05) is 0 Å². The van der Waals surface area contributed by atoms with Crippen LogP contribution in [0.25, 0.3) is 10.9 Å². The Morgan fingerprint density at radius 3 is 2.96 bits per heavy atom. The normalized spacial score (nSPS) is 14.0. The van der Waals surface area contributed by atoms with Gasteiger partial charge in [-0.25, -0.2) is 9.97 Å². The summed E-state index contributed by atoms with van der Waals surface area (Å²) in [5.41, 5.74) is 1.51. The molecule has 0 aliphatic heterocycles. The Labute approximate surface area is 143 Å². The van der Waals surface area contributed by atoms with E-state index in [9.17, 15) is 4.79 Å². The second-order valence-electron chi connectivity index (χ2n) is 5.93. The lowest BCUT2D eigenvalue weighted by atomic mass is 10.1. The molecule has 1 amide bonds. The summed E-state index contributed by atoms with van der Waals surface area (Å²) in [6.45, 7) is 1.87. The minimum atomic E-state index is -0.0232. The second-order valence-corrected chi connectivity index (χ2v) is 6.92. The maximum Gasteiger partial charge on any atom is 0.252 e. The van der Waals surface area contributed by atoms with Crippen LogP contribution in [0, 0.1) is 6.92 Å². The minimum absolute atomic E-state index is 0.0232. The first-order chi connectivity index (χ1) is 11.7. The van der Waals surface area contributed by atoms with Crippen molar-refractivity contribution < 1.29 is 9.21 Å². The summed E-state index contributed by atoms with van der Waals surface area (Å²) < 4.78 is 5.49. The Kier molecular flexibility index (Phi) is 3.98. The molecule has 1 fully saturated rings. The Balaban J connectivity index is 1.63. The van der Waals surface area contributed by atoms with Gasteiger partial charge in [0.2, 0.25) is 5.89 Å². The molecule has 2 aromatic heterocycles. The van der Waals surface area contributed by atoms with E-state index < -0.39 is 0 Å². The van der Waals surface area contributed by atoms with Crippen LogP contribution in [-0.4, -0.2) is 21.9 Å².